The molecule has 98 valence electrons. The number of aromatic nitrogens is 1. The molecular weight excluding hydrogens is 246 g/mol. The number of carbonyl (C=O) groups is 1. The number of benzene rings is 1. The van der Waals surface area contributed by atoms with E-state index in [1.165, 1.54) is 20.3 Å². The molecule has 0 radical (unpaired) electrons. The monoisotopic (exact) mass is 259 g/mol. The number of methoxy groups -OCH3 is 2. The van der Waals surface area contributed by atoms with Gasteiger partial charge in [-0.3, -0.25) is 4.98 Å². The van der Waals surface area contributed by atoms with Crippen LogP contribution in [0.2, 0.25) is 0 Å². The summed E-state index contributed by atoms with van der Waals surface area (Å²) >= 11 is 0. The van der Waals surface area contributed by atoms with E-state index in [1.807, 2.05) is 0 Å². The zero-order chi connectivity index (χ0) is 13.8. The van der Waals surface area contributed by atoms with Crippen molar-refractivity contribution in [2.75, 3.05) is 14.2 Å². The van der Waals surface area contributed by atoms with Crippen molar-refractivity contribution in [3.63, 3.8) is 0 Å². The highest BCUT2D eigenvalue weighted by atomic mass is 16.5. The van der Waals surface area contributed by atoms with Gasteiger partial charge in [-0.2, -0.15) is 0 Å². The average molecular weight is 259 g/mol. The Bertz CT molecular complexity index is 610. The Hall–Kier alpha value is -2.56. The maximum Gasteiger partial charge on any atom is 0.336 e. The molecular formula is C14H13NO4. The first-order chi connectivity index (χ1) is 9.17. The first-order valence-corrected chi connectivity index (χ1v) is 5.58. The van der Waals surface area contributed by atoms with Gasteiger partial charge in [0.25, 0.3) is 0 Å². The van der Waals surface area contributed by atoms with Crippen molar-refractivity contribution >= 4 is 5.97 Å². The van der Waals surface area contributed by atoms with E-state index in [0.29, 0.717) is 22.8 Å². The summed E-state index contributed by atoms with van der Waals surface area (Å²) in [6, 6.07) is 8.28. The van der Waals surface area contributed by atoms with Crippen molar-refractivity contribution in [2.45, 2.75) is 0 Å². The lowest BCUT2D eigenvalue weighted by molar-refractivity contribution is 0.0697. The lowest BCUT2D eigenvalue weighted by Crippen LogP contribution is -2.02. The van der Waals surface area contributed by atoms with Gasteiger partial charge in [-0.1, -0.05) is 0 Å². The van der Waals surface area contributed by atoms with Crippen LogP contribution in [0.4, 0.5) is 0 Å². The summed E-state index contributed by atoms with van der Waals surface area (Å²) in [4.78, 5) is 15.5. The number of aromatic carboxylic acids is 1. The average Bonchev–Trinajstić information content (AvgIpc) is 2.46. The molecule has 0 saturated heterocycles. The van der Waals surface area contributed by atoms with Crippen molar-refractivity contribution in [1.29, 1.82) is 0 Å². The fourth-order valence-electron chi connectivity index (χ4n) is 1.79. The van der Waals surface area contributed by atoms with Crippen molar-refractivity contribution in [1.82, 2.24) is 4.98 Å². The minimum atomic E-state index is -1.04. The third-order valence-electron chi connectivity index (χ3n) is 2.70. The van der Waals surface area contributed by atoms with E-state index in [-0.39, 0.29) is 5.56 Å². The SMILES string of the molecule is COc1ccc(-c2ncccc2OC)c(C(=O)O)c1. The van der Waals surface area contributed by atoms with E-state index in [0.717, 1.165) is 0 Å². The topological polar surface area (TPSA) is 68.7 Å². The maximum absolute atomic E-state index is 11.3. The molecule has 1 aromatic heterocycles. The second kappa shape index (κ2) is 5.39. The number of hydrogen-bond donors (Lipinski definition) is 1. The molecule has 2 rings (SSSR count). The van der Waals surface area contributed by atoms with Crippen LogP contribution in [0.15, 0.2) is 36.5 Å². The van der Waals surface area contributed by atoms with Crippen LogP contribution in [-0.4, -0.2) is 30.3 Å². The molecule has 1 heterocycles. The van der Waals surface area contributed by atoms with Crippen LogP contribution in [0.3, 0.4) is 0 Å². The number of ether oxygens (including phenoxy) is 2. The van der Waals surface area contributed by atoms with Crippen LogP contribution >= 0.6 is 0 Å². The van der Waals surface area contributed by atoms with Gasteiger partial charge in [0.05, 0.1) is 19.8 Å². The summed E-state index contributed by atoms with van der Waals surface area (Å²) in [5.41, 5.74) is 1.10. The Labute approximate surface area is 110 Å². The highest BCUT2D eigenvalue weighted by Gasteiger charge is 2.17. The predicted octanol–water partition coefficient (Wildman–Crippen LogP) is 2.46. The van der Waals surface area contributed by atoms with E-state index in [2.05, 4.69) is 4.98 Å². The van der Waals surface area contributed by atoms with Gasteiger partial charge in [0.1, 0.15) is 17.2 Å². The molecule has 0 atom stereocenters. The van der Waals surface area contributed by atoms with Crippen molar-refractivity contribution in [3.8, 4) is 22.8 Å². The molecule has 0 aliphatic heterocycles. The standard InChI is InChI=1S/C14H13NO4/c1-18-9-5-6-10(11(8-9)14(16)17)13-12(19-2)4-3-7-15-13/h3-8H,1-2H3,(H,16,17). The summed E-state index contributed by atoms with van der Waals surface area (Å²) in [7, 11) is 3.01. The number of pyridine rings is 1. The van der Waals surface area contributed by atoms with Crippen LogP contribution in [-0.2, 0) is 0 Å². The van der Waals surface area contributed by atoms with E-state index in [9.17, 15) is 9.90 Å². The van der Waals surface area contributed by atoms with Gasteiger partial charge >= 0.3 is 5.97 Å². The normalized spacial score (nSPS) is 10.0. The Morgan fingerprint density at radius 1 is 1.21 bits per heavy atom. The summed E-state index contributed by atoms with van der Waals surface area (Å²) in [5.74, 6) is -0.0344. The van der Waals surface area contributed by atoms with Crippen LogP contribution in [0, 0.1) is 0 Å². The number of hydrogen-bond acceptors (Lipinski definition) is 4. The zero-order valence-electron chi connectivity index (χ0n) is 10.6. The van der Waals surface area contributed by atoms with Gasteiger partial charge < -0.3 is 14.6 Å². The molecule has 5 heteroatoms. The number of carboxylic acid groups (broad SMARTS) is 1. The fraction of sp³-hybridized carbons (Fsp3) is 0.143. The largest absolute Gasteiger partial charge is 0.497 e. The van der Waals surface area contributed by atoms with Crippen LogP contribution in [0.25, 0.3) is 11.3 Å². The second-order valence-corrected chi connectivity index (χ2v) is 3.77. The van der Waals surface area contributed by atoms with E-state index < -0.39 is 5.97 Å². The number of carboxylic acids is 1. The molecule has 2 aromatic rings. The van der Waals surface area contributed by atoms with Crippen LogP contribution < -0.4 is 9.47 Å². The van der Waals surface area contributed by atoms with Gasteiger partial charge in [0.15, 0.2) is 0 Å². The quantitative estimate of drug-likeness (QED) is 0.913. The lowest BCUT2D eigenvalue weighted by Gasteiger charge is -2.11. The van der Waals surface area contributed by atoms with Gasteiger partial charge in [-0.25, -0.2) is 4.79 Å². The van der Waals surface area contributed by atoms with Crippen LogP contribution in [0.5, 0.6) is 11.5 Å². The second-order valence-electron chi connectivity index (χ2n) is 3.77. The molecule has 0 unspecified atom stereocenters. The van der Waals surface area contributed by atoms with Gasteiger partial charge in [0, 0.05) is 11.8 Å². The molecule has 0 bridgehead atoms. The first-order valence-electron chi connectivity index (χ1n) is 5.58. The minimum absolute atomic E-state index is 0.122. The van der Waals surface area contributed by atoms with Gasteiger partial charge in [-0.05, 0) is 30.3 Å². The summed E-state index contributed by atoms with van der Waals surface area (Å²) in [5, 5.41) is 9.29. The molecule has 0 amide bonds. The molecule has 1 N–H and O–H groups in total. The third-order valence-corrected chi connectivity index (χ3v) is 2.70. The first kappa shape index (κ1) is 12.9. The Balaban J connectivity index is 2.64. The van der Waals surface area contributed by atoms with E-state index in [1.54, 1.807) is 30.5 Å². The lowest BCUT2D eigenvalue weighted by atomic mass is 10.0. The maximum atomic E-state index is 11.3. The van der Waals surface area contributed by atoms with Crippen LogP contribution in [0.1, 0.15) is 10.4 Å². The third kappa shape index (κ3) is 2.49. The highest BCUT2D eigenvalue weighted by Crippen LogP contribution is 2.32. The Morgan fingerprint density at radius 3 is 2.63 bits per heavy atom. The minimum Gasteiger partial charge on any atom is -0.497 e. The Kier molecular flexibility index (Phi) is 3.66. The molecule has 5 nitrogen and oxygen atoms in total. The van der Waals surface area contributed by atoms with E-state index >= 15 is 0 Å². The summed E-state index contributed by atoms with van der Waals surface area (Å²) in [6.45, 7) is 0. The molecule has 0 fully saturated rings. The van der Waals surface area contributed by atoms with Crippen molar-refractivity contribution < 1.29 is 19.4 Å². The van der Waals surface area contributed by atoms with Crippen molar-refractivity contribution in [2.24, 2.45) is 0 Å². The smallest absolute Gasteiger partial charge is 0.336 e. The van der Waals surface area contributed by atoms with Gasteiger partial charge in [-0.15, -0.1) is 0 Å². The molecule has 0 aliphatic carbocycles. The highest BCUT2D eigenvalue weighted by molar-refractivity contribution is 5.96. The fourth-order valence-corrected chi connectivity index (χ4v) is 1.79. The molecule has 0 saturated carbocycles. The van der Waals surface area contributed by atoms with Crippen molar-refractivity contribution in [3.05, 3.63) is 42.1 Å². The predicted molar refractivity (Wildman–Crippen MR) is 69.7 cm³/mol. The molecule has 0 spiro atoms. The molecule has 1 aromatic carbocycles. The number of rotatable bonds is 4. The van der Waals surface area contributed by atoms with E-state index in [4.69, 9.17) is 9.47 Å². The zero-order valence-corrected chi connectivity index (χ0v) is 10.6. The van der Waals surface area contributed by atoms with Gasteiger partial charge in [0.2, 0.25) is 0 Å². The number of nitrogens with zero attached hydrogens (tertiary/aromatic N) is 1. The summed E-state index contributed by atoms with van der Waals surface area (Å²) in [6.07, 6.45) is 1.59. The molecule has 0 aliphatic rings. The summed E-state index contributed by atoms with van der Waals surface area (Å²) < 4.78 is 10.2. The molecule has 19 heavy (non-hydrogen) atoms. The Morgan fingerprint density at radius 2 is 2.00 bits per heavy atom.